The normalized spacial score (nSPS) is 20.9. The van der Waals surface area contributed by atoms with Crippen LogP contribution in [-0.4, -0.2) is 156 Å². The molecule has 582 valence electrons. The summed E-state index contributed by atoms with van der Waals surface area (Å²) in [5, 5.41) is 38.9. The van der Waals surface area contributed by atoms with Crippen molar-refractivity contribution in [3.05, 3.63) is 143 Å². The summed E-state index contributed by atoms with van der Waals surface area (Å²) in [5.74, 6) is -11.3. The maximum Gasteiger partial charge on any atom is 0.255 e. The number of carbonyl (C=O) groups excluding carboxylic acids is 12. The fraction of sp³-hybridized carbons (Fsp3) is 0.408. The van der Waals surface area contributed by atoms with Crippen LogP contribution < -0.4 is 102 Å². The number of aromatic amines is 1. The van der Waals surface area contributed by atoms with Crippen molar-refractivity contribution in [2.75, 3.05) is 37.6 Å². The highest BCUT2D eigenvalue weighted by molar-refractivity contribution is 6.02. The second-order valence-corrected chi connectivity index (χ2v) is 27.4. The molecule has 0 radical (unpaired) electrons. The standard InChI is InChI=1S/C76H99N19O14/c1-42(2)33-59-73(105)90-56-21-10-13-31-85-68(100)52-39-47(79)24-27-63(52)109-49-36-44(66(98)89-55(20-8-11-29-77)69(101)92-58(72(104)93-59)25-28-64(80)96)35-48(40-49)108-62-26-23-46(78)38-51(62)67(99)84-30-12-9-19-54(65(81)97)88-75(107)61(37-45-41-87-53-18-7-6-17-50(45)53)95-71(103)57(22-14-32-86-76(82)83)91-74(106)60(94-70(56)102)34-43-15-4-3-5-16-43/h3-7,15-18,23-24,26-27,35-36,38-42,54-61,87H,8-14,19-22,25,28-34,37,77-79H2,1-2H3,(H2,80,96)(H2,81,97)(H,84,99)(H,85,100)(H,88,107)(H,89,98)(H,90,105)(H,91,106)(H,92,101)(H,93,104)(H,94,102)(H,95,103)(H4,82,83,86). The molecule has 12 amide bonds. The van der Waals surface area contributed by atoms with Crippen molar-refractivity contribution in [3.8, 4) is 23.0 Å². The number of carbonyl (C=O) groups is 12. The highest BCUT2D eigenvalue weighted by Crippen LogP contribution is 2.35. The molecule has 25 N–H and O–H groups in total. The molecule has 5 aromatic carbocycles. The Bertz CT molecular complexity index is 4270. The van der Waals surface area contributed by atoms with E-state index in [4.69, 9.17) is 49.3 Å². The number of aromatic nitrogens is 1. The number of anilines is 2. The number of guanidine groups is 1. The summed E-state index contributed by atoms with van der Waals surface area (Å²) in [7, 11) is 0. The minimum absolute atomic E-state index is 0.00575. The second kappa shape index (κ2) is 40.4. The zero-order valence-electron chi connectivity index (χ0n) is 61.0. The summed E-state index contributed by atoms with van der Waals surface area (Å²) >= 11 is 0. The Morgan fingerprint density at radius 2 is 1.06 bits per heavy atom. The number of hydrogen-bond acceptors (Lipinski definition) is 18. The number of fused-ring (bicyclic) bond motifs is 10. The first-order valence-corrected chi connectivity index (χ1v) is 36.5. The van der Waals surface area contributed by atoms with Gasteiger partial charge in [-0.3, -0.25) is 62.9 Å². The lowest BCUT2D eigenvalue weighted by Gasteiger charge is -2.29. The Hall–Kier alpha value is -12.3. The van der Waals surface area contributed by atoms with Crippen molar-refractivity contribution in [3.63, 3.8) is 0 Å². The van der Waals surface area contributed by atoms with Gasteiger partial charge in [0.15, 0.2) is 5.96 Å². The Balaban J connectivity index is 1.26. The van der Waals surface area contributed by atoms with Crippen LogP contribution in [0.25, 0.3) is 10.9 Å². The average Bonchev–Trinajstić information content (AvgIpc) is 1.66. The number of H-pyrrole nitrogens is 1. The molecule has 33 nitrogen and oxygen atoms in total. The molecular weight excluding hydrogens is 1400 g/mol. The minimum Gasteiger partial charge on any atom is -0.456 e. The predicted molar refractivity (Wildman–Crippen MR) is 407 cm³/mol. The van der Waals surface area contributed by atoms with Crippen molar-refractivity contribution in [2.45, 2.75) is 165 Å². The van der Waals surface area contributed by atoms with E-state index in [0.29, 0.717) is 28.5 Å². The molecule has 2 aliphatic heterocycles. The van der Waals surface area contributed by atoms with Gasteiger partial charge in [-0.2, -0.15) is 0 Å². The van der Waals surface area contributed by atoms with E-state index in [1.807, 2.05) is 12.1 Å². The van der Waals surface area contributed by atoms with Gasteiger partial charge in [0.25, 0.3) is 17.7 Å². The fourth-order valence-electron chi connectivity index (χ4n) is 12.6. The zero-order valence-corrected chi connectivity index (χ0v) is 61.0. The number of para-hydroxylation sites is 1. The molecule has 6 aromatic rings. The van der Waals surface area contributed by atoms with Crippen LogP contribution in [0.2, 0.25) is 0 Å². The van der Waals surface area contributed by atoms with E-state index >= 15 is 19.2 Å². The van der Waals surface area contributed by atoms with Crippen molar-refractivity contribution in [1.29, 1.82) is 5.41 Å². The molecule has 0 aliphatic carbocycles. The lowest BCUT2D eigenvalue weighted by Crippen LogP contribution is -2.61. The molecule has 109 heavy (non-hydrogen) atoms. The number of rotatable bonds is 18. The topological polar surface area (TPSA) is 551 Å². The number of nitrogens with two attached hydrogens (primary N) is 6. The van der Waals surface area contributed by atoms with Crippen LogP contribution in [0.1, 0.15) is 146 Å². The molecule has 0 fully saturated rings. The molecular formula is C76H99N19O14. The third kappa shape index (κ3) is 25.2. The summed E-state index contributed by atoms with van der Waals surface area (Å²) in [4.78, 5) is 178. The molecule has 2 aliphatic rings. The van der Waals surface area contributed by atoms with Gasteiger partial charge < -0.3 is 107 Å². The van der Waals surface area contributed by atoms with Gasteiger partial charge in [0.1, 0.15) is 71.3 Å². The van der Waals surface area contributed by atoms with E-state index in [2.05, 4.69) is 63.5 Å². The van der Waals surface area contributed by atoms with E-state index in [0.717, 1.165) is 0 Å². The fourth-order valence-corrected chi connectivity index (χ4v) is 12.6. The predicted octanol–water partition coefficient (Wildman–Crippen LogP) is 1.91. The molecule has 0 saturated carbocycles. The number of amides is 12. The molecule has 1 aromatic heterocycles. The number of primary amides is 2. The number of ether oxygens (including phenoxy) is 2. The van der Waals surface area contributed by atoms with Crippen LogP contribution in [0.15, 0.2) is 115 Å². The molecule has 33 heteroatoms. The lowest BCUT2D eigenvalue weighted by atomic mass is 10.00. The van der Waals surface area contributed by atoms with Crippen LogP contribution in [0.4, 0.5) is 11.4 Å². The smallest absolute Gasteiger partial charge is 0.255 e. The lowest BCUT2D eigenvalue weighted by molar-refractivity contribution is -0.136. The van der Waals surface area contributed by atoms with Gasteiger partial charge in [0, 0.05) is 79.0 Å². The number of nitrogens with one attached hydrogen (secondary N) is 13. The Kier molecular flexibility index (Phi) is 30.6. The van der Waals surface area contributed by atoms with Gasteiger partial charge in [0.05, 0.1) is 11.1 Å². The first kappa shape index (κ1) is 82.4. The molecule has 0 spiro atoms. The summed E-state index contributed by atoms with van der Waals surface area (Å²) < 4.78 is 12.9. The molecule has 3 heterocycles. The van der Waals surface area contributed by atoms with E-state index in [9.17, 15) is 38.4 Å². The van der Waals surface area contributed by atoms with Gasteiger partial charge in [-0.25, -0.2) is 0 Å². The van der Waals surface area contributed by atoms with Crippen LogP contribution >= 0.6 is 0 Å². The van der Waals surface area contributed by atoms with Crippen molar-refractivity contribution in [1.82, 2.24) is 63.5 Å². The van der Waals surface area contributed by atoms with Gasteiger partial charge in [-0.05, 0) is 162 Å². The van der Waals surface area contributed by atoms with Crippen molar-refractivity contribution >= 4 is 99.1 Å². The Morgan fingerprint density at radius 1 is 0.532 bits per heavy atom. The largest absolute Gasteiger partial charge is 0.456 e. The summed E-state index contributed by atoms with van der Waals surface area (Å²) in [6.07, 6.45) is 1.47. The van der Waals surface area contributed by atoms with E-state index in [1.165, 1.54) is 54.6 Å². The van der Waals surface area contributed by atoms with E-state index in [-0.39, 0.29) is 179 Å². The van der Waals surface area contributed by atoms with Crippen LogP contribution in [-0.2, 0) is 56.0 Å². The second-order valence-electron chi connectivity index (χ2n) is 27.4. The summed E-state index contributed by atoms with van der Waals surface area (Å²) in [5.41, 5.74) is 37.5. The summed E-state index contributed by atoms with van der Waals surface area (Å²) in [6.45, 7) is 3.73. The third-order valence-electron chi connectivity index (χ3n) is 18.3. The van der Waals surface area contributed by atoms with Gasteiger partial charge in [0.2, 0.25) is 53.2 Å². The third-order valence-corrected chi connectivity index (χ3v) is 18.3. The minimum atomic E-state index is -1.57. The number of nitrogen functional groups attached to an aromatic ring is 2. The van der Waals surface area contributed by atoms with Crippen LogP contribution in [0.5, 0.6) is 23.0 Å². The van der Waals surface area contributed by atoms with Gasteiger partial charge in [-0.1, -0.05) is 62.4 Å². The average molecular weight is 1500 g/mol. The maximum atomic E-state index is 15.3. The van der Waals surface area contributed by atoms with Gasteiger partial charge >= 0.3 is 0 Å². The van der Waals surface area contributed by atoms with Crippen LogP contribution in [0, 0.1) is 11.3 Å². The highest BCUT2D eigenvalue weighted by atomic mass is 16.5. The Morgan fingerprint density at radius 3 is 1.65 bits per heavy atom. The first-order chi connectivity index (χ1) is 52.2. The zero-order chi connectivity index (χ0) is 78.7. The van der Waals surface area contributed by atoms with Gasteiger partial charge in [-0.15, -0.1) is 0 Å². The molecule has 8 unspecified atom stereocenters. The van der Waals surface area contributed by atoms with Crippen LogP contribution in [0.3, 0.4) is 0 Å². The molecule has 8 atom stereocenters. The number of hydrogen-bond donors (Lipinski definition) is 19. The first-order valence-electron chi connectivity index (χ1n) is 36.5. The number of benzene rings is 5. The summed E-state index contributed by atoms with van der Waals surface area (Å²) in [6, 6.07) is 16.5. The highest BCUT2D eigenvalue weighted by Gasteiger charge is 2.37. The van der Waals surface area contributed by atoms with Crippen molar-refractivity contribution < 1.29 is 67.0 Å². The van der Waals surface area contributed by atoms with Crippen molar-refractivity contribution in [2.24, 2.45) is 28.9 Å². The number of unbranched alkanes of at least 4 members (excludes halogenated alkanes) is 1. The van der Waals surface area contributed by atoms with E-state index < -0.39 is 126 Å². The monoisotopic (exact) mass is 1500 g/mol. The molecule has 8 rings (SSSR count). The maximum absolute atomic E-state index is 15.3. The quantitative estimate of drug-likeness (QED) is 0.0253. The van der Waals surface area contributed by atoms with E-state index in [1.54, 1.807) is 62.5 Å². The Labute approximate surface area is 630 Å². The molecule has 0 saturated heterocycles. The molecule has 4 bridgehead atoms. The SMILES string of the molecule is CC(C)CC1NC(=O)C(CCC(N)=O)NC(=O)C(CCCCN)NC(=O)c2cc3cc(c2)Oc2ccc(N)cc2C(=O)NCCCCC(NC1=O)C(=O)NC(Cc1ccccc1)C(=O)NC(CCCNC(=N)N)C(=O)NC(Cc1c[nH]c2ccccc12)C(=O)NC(C(N)=O)CCCCNC(=O)c1cc(N)ccc1O3.